The fourth-order valence-corrected chi connectivity index (χ4v) is 3.56. The molecule has 0 bridgehead atoms. The highest BCUT2D eigenvalue weighted by Gasteiger charge is 2.20. The van der Waals surface area contributed by atoms with Crippen LogP contribution < -0.4 is 10.1 Å². The number of hydrogen-bond acceptors (Lipinski definition) is 4. The normalized spacial score (nSPS) is 15.4. The van der Waals surface area contributed by atoms with Gasteiger partial charge in [0, 0.05) is 44.0 Å². The molecular weight excluding hydrogens is 350 g/mol. The van der Waals surface area contributed by atoms with Crippen LogP contribution in [0.1, 0.15) is 23.6 Å². The lowest BCUT2D eigenvalue weighted by atomic mass is 10.1. The Bertz CT molecular complexity index is 798. The monoisotopic (exact) mass is 381 g/mol. The molecule has 5 nitrogen and oxygen atoms in total. The minimum absolute atomic E-state index is 0.0591. The zero-order valence-corrected chi connectivity index (χ0v) is 17.2. The smallest absolute Gasteiger partial charge is 0.238 e. The average molecular weight is 382 g/mol. The van der Waals surface area contributed by atoms with Gasteiger partial charge in [-0.25, -0.2) is 0 Å². The first-order valence-electron chi connectivity index (χ1n) is 10.1. The van der Waals surface area contributed by atoms with Gasteiger partial charge in [-0.15, -0.1) is 0 Å². The Morgan fingerprint density at radius 1 is 1.00 bits per heavy atom. The standard InChI is InChI=1S/C23H31N3O2/c1-4-28-22-11-6-5-9-20(22)16-25-12-14-26(15-13-25)17-23(27)24-21-10-7-8-18(2)19(21)3/h5-11H,4,12-17H2,1-3H3,(H,24,27). The molecule has 1 saturated heterocycles. The van der Waals surface area contributed by atoms with E-state index in [1.54, 1.807) is 0 Å². The molecule has 1 fully saturated rings. The Labute approximate surface area is 168 Å². The van der Waals surface area contributed by atoms with Crippen LogP contribution >= 0.6 is 0 Å². The van der Waals surface area contributed by atoms with E-state index in [0.29, 0.717) is 13.2 Å². The zero-order valence-electron chi connectivity index (χ0n) is 17.2. The van der Waals surface area contributed by atoms with Crippen LogP contribution in [0.3, 0.4) is 0 Å². The maximum absolute atomic E-state index is 12.5. The number of carbonyl (C=O) groups excluding carboxylic acids is 1. The van der Waals surface area contributed by atoms with E-state index in [1.807, 2.05) is 38.1 Å². The summed E-state index contributed by atoms with van der Waals surface area (Å²) in [4.78, 5) is 17.1. The lowest BCUT2D eigenvalue weighted by molar-refractivity contribution is -0.117. The molecule has 1 amide bonds. The predicted octanol–water partition coefficient (Wildman–Crippen LogP) is 3.46. The van der Waals surface area contributed by atoms with E-state index < -0.39 is 0 Å². The summed E-state index contributed by atoms with van der Waals surface area (Å²) in [6.07, 6.45) is 0. The summed E-state index contributed by atoms with van der Waals surface area (Å²) >= 11 is 0. The van der Waals surface area contributed by atoms with Crippen molar-refractivity contribution in [2.24, 2.45) is 0 Å². The lowest BCUT2D eigenvalue weighted by Gasteiger charge is -2.34. The Morgan fingerprint density at radius 2 is 1.71 bits per heavy atom. The van der Waals surface area contributed by atoms with Crippen molar-refractivity contribution in [3.8, 4) is 5.75 Å². The molecule has 150 valence electrons. The van der Waals surface area contributed by atoms with E-state index in [-0.39, 0.29) is 5.91 Å². The largest absolute Gasteiger partial charge is 0.494 e. The number of amides is 1. The Morgan fingerprint density at radius 3 is 2.46 bits per heavy atom. The summed E-state index contributed by atoms with van der Waals surface area (Å²) in [6, 6.07) is 14.3. The first-order valence-corrected chi connectivity index (χ1v) is 10.1. The average Bonchev–Trinajstić information content (AvgIpc) is 2.69. The van der Waals surface area contributed by atoms with Crippen LogP contribution in [0.25, 0.3) is 0 Å². The van der Waals surface area contributed by atoms with E-state index in [9.17, 15) is 4.79 Å². The number of nitrogens with one attached hydrogen (secondary N) is 1. The van der Waals surface area contributed by atoms with E-state index in [2.05, 4.69) is 40.2 Å². The molecule has 1 N–H and O–H groups in total. The summed E-state index contributed by atoms with van der Waals surface area (Å²) in [5, 5.41) is 3.06. The topological polar surface area (TPSA) is 44.8 Å². The van der Waals surface area contributed by atoms with Crippen molar-refractivity contribution >= 4 is 11.6 Å². The van der Waals surface area contributed by atoms with Crippen molar-refractivity contribution < 1.29 is 9.53 Å². The number of ether oxygens (including phenoxy) is 1. The molecule has 0 spiro atoms. The Kier molecular flexibility index (Phi) is 7.06. The maximum atomic E-state index is 12.5. The first kappa shape index (κ1) is 20.4. The quantitative estimate of drug-likeness (QED) is 0.798. The van der Waals surface area contributed by atoms with Crippen molar-refractivity contribution in [2.75, 3.05) is 44.6 Å². The minimum Gasteiger partial charge on any atom is -0.494 e. The summed E-state index contributed by atoms with van der Waals surface area (Å²) in [7, 11) is 0. The number of para-hydroxylation sites is 1. The number of aryl methyl sites for hydroxylation is 1. The molecule has 1 aliphatic rings. The molecule has 3 rings (SSSR count). The van der Waals surface area contributed by atoms with Gasteiger partial charge in [-0.2, -0.15) is 0 Å². The molecule has 0 saturated carbocycles. The van der Waals surface area contributed by atoms with Crippen molar-refractivity contribution in [1.29, 1.82) is 0 Å². The highest BCUT2D eigenvalue weighted by molar-refractivity contribution is 5.93. The minimum atomic E-state index is 0.0591. The molecule has 0 radical (unpaired) electrons. The van der Waals surface area contributed by atoms with Gasteiger partial charge in [0.1, 0.15) is 5.75 Å². The Hall–Kier alpha value is -2.37. The number of carbonyl (C=O) groups is 1. The van der Waals surface area contributed by atoms with Gasteiger partial charge in [0.2, 0.25) is 5.91 Å². The second-order valence-corrected chi connectivity index (χ2v) is 7.39. The molecule has 5 heteroatoms. The molecule has 1 aliphatic heterocycles. The Balaban J connectivity index is 1.48. The summed E-state index contributed by atoms with van der Waals surface area (Å²) in [5.41, 5.74) is 4.47. The third-order valence-electron chi connectivity index (χ3n) is 5.38. The molecule has 0 unspecified atom stereocenters. The van der Waals surface area contributed by atoms with Gasteiger partial charge in [-0.1, -0.05) is 30.3 Å². The van der Waals surface area contributed by atoms with Crippen molar-refractivity contribution in [3.05, 3.63) is 59.2 Å². The number of hydrogen-bond donors (Lipinski definition) is 1. The van der Waals surface area contributed by atoms with Crippen LogP contribution in [-0.4, -0.2) is 55.0 Å². The number of piperazine rings is 1. The van der Waals surface area contributed by atoms with Crippen molar-refractivity contribution in [1.82, 2.24) is 9.80 Å². The van der Waals surface area contributed by atoms with E-state index >= 15 is 0 Å². The van der Waals surface area contributed by atoms with E-state index in [1.165, 1.54) is 11.1 Å². The molecule has 2 aromatic carbocycles. The van der Waals surface area contributed by atoms with Gasteiger partial charge in [0.05, 0.1) is 13.2 Å². The molecule has 2 aromatic rings. The summed E-state index contributed by atoms with van der Waals surface area (Å²) in [6.45, 7) is 11.8. The number of anilines is 1. The van der Waals surface area contributed by atoms with E-state index in [0.717, 1.165) is 49.7 Å². The van der Waals surface area contributed by atoms with Gasteiger partial charge < -0.3 is 10.1 Å². The molecule has 28 heavy (non-hydrogen) atoms. The third-order valence-corrected chi connectivity index (χ3v) is 5.38. The predicted molar refractivity (Wildman–Crippen MR) is 114 cm³/mol. The third kappa shape index (κ3) is 5.33. The summed E-state index contributed by atoms with van der Waals surface area (Å²) < 4.78 is 5.74. The fourth-order valence-electron chi connectivity index (χ4n) is 3.56. The maximum Gasteiger partial charge on any atom is 0.238 e. The van der Waals surface area contributed by atoms with Crippen LogP contribution in [0.15, 0.2) is 42.5 Å². The van der Waals surface area contributed by atoms with Gasteiger partial charge in [-0.3, -0.25) is 14.6 Å². The summed E-state index contributed by atoms with van der Waals surface area (Å²) in [5.74, 6) is 1.03. The number of benzene rings is 2. The molecule has 1 heterocycles. The van der Waals surface area contributed by atoms with Crippen LogP contribution in [0.2, 0.25) is 0 Å². The van der Waals surface area contributed by atoms with Crippen LogP contribution in [0.5, 0.6) is 5.75 Å². The van der Waals surface area contributed by atoms with Gasteiger partial charge in [-0.05, 0) is 44.0 Å². The molecule has 0 atom stereocenters. The van der Waals surface area contributed by atoms with Crippen molar-refractivity contribution in [3.63, 3.8) is 0 Å². The van der Waals surface area contributed by atoms with Crippen LogP contribution in [0.4, 0.5) is 5.69 Å². The van der Waals surface area contributed by atoms with Crippen LogP contribution in [0, 0.1) is 13.8 Å². The molecule has 0 aliphatic carbocycles. The first-order chi connectivity index (χ1) is 13.6. The lowest BCUT2D eigenvalue weighted by Crippen LogP contribution is -2.48. The number of rotatable bonds is 7. The molecule has 0 aromatic heterocycles. The van der Waals surface area contributed by atoms with Crippen molar-refractivity contribution in [2.45, 2.75) is 27.3 Å². The van der Waals surface area contributed by atoms with Crippen LogP contribution in [-0.2, 0) is 11.3 Å². The molecular formula is C23H31N3O2. The number of nitrogens with zero attached hydrogens (tertiary/aromatic N) is 2. The van der Waals surface area contributed by atoms with Gasteiger partial charge in [0.25, 0.3) is 0 Å². The van der Waals surface area contributed by atoms with Gasteiger partial charge >= 0.3 is 0 Å². The highest BCUT2D eigenvalue weighted by Crippen LogP contribution is 2.21. The zero-order chi connectivity index (χ0) is 19.9. The fraction of sp³-hybridized carbons (Fsp3) is 0.435. The van der Waals surface area contributed by atoms with E-state index in [4.69, 9.17) is 4.74 Å². The second-order valence-electron chi connectivity index (χ2n) is 7.39. The second kappa shape index (κ2) is 9.71. The highest BCUT2D eigenvalue weighted by atomic mass is 16.5. The SMILES string of the molecule is CCOc1ccccc1CN1CCN(CC(=O)Nc2cccc(C)c2C)CC1. The van der Waals surface area contributed by atoms with Gasteiger partial charge in [0.15, 0.2) is 0 Å².